The van der Waals surface area contributed by atoms with Crippen molar-refractivity contribution in [3.05, 3.63) is 0 Å². The molecule has 1 fully saturated rings. The van der Waals surface area contributed by atoms with Crippen molar-refractivity contribution < 1.29 is 9.53 Å². The molecule has 0 aromatic carbocycles. The molecule has 1 atom stereocenters. The van der Waals surface area contributed by atoms with E-state index >= 15 is 0 Å². The third-order valence-corrected chi connectivity index (χ3v) is 4.38. The van der Waals surface area contributed by atoms with E-state index in [0.717, 1.165) is 12.3 Å². The number of carbonyl (C=O) groups is 1. The zero-order chi connectivity index (χ0) is 16.9. The molecule has 7 heteroatoms. The van der Waals surface area contributed by atoms with Gasteiger partial charge in [-0.2, -0.15) is 0 Å². The molecule has 3 N–H and O–H groups in total. The van der Waals surface area contributed by atoms with Gasteiger partial charge in [-0.1, -0.05) is 32.1 Å². The van der Waals surface area contributed by atoms with Crippen molar-refractivity contribution >= 4 is 35.8 Å². The highest BCUT2D eigenvalue weighted by Gasteiger charge is 2.15. The van der Waals surface area contributed by atoms with Crippen molar-refractivity contribution in [3.63, 3.8) is 0 Å². The third-order valence-electron chi connectivity index (χ3n) is 4.38. The number of ether oxygens (including phenoxy) is 1. The van der Waals surface area contributed by atoms with Crippen LogP contribution in [0.5, 0.6) is 0 Å². The van der Waals surface area contributed by atoms with Gasteiger partial charge in [0.25, 0.3) is 0 Å². The van der Waals surface area contributed by atoms with E-state index < -0.39 is 0 Å². The Kier molecular flexibility index (Phi) is 14.4. The molecule has 1 aliphatic rings. The summed E-state index contributed by atoms with van der Waals surface area (Å²) in [6.45, 7) is 3.45. The Labute approximate surface area is 164 Å². The fraction of sp³-hybridized carbons (Fsp3) is 0.882. The van der Waals surface area contributed by atoms with Gasteiger partial charge in [0.2, 0.25) is 5.91 Å². The highest BCUT2D eigenvalue weighted by Crippen LogP contribution is 2.27. The number of aliphatic imine (C=N–C) groups is 1. The van der Waals surface area contributed by atoms with Gasteiger partial charge in [-0.25, -0.2) is 0 Å². The second-order valence-electron chi connectivity index (χ2n) is 6.40. The van der Waals surface area contributed by atoms with E-state index in [1.54, 1.807) is 14.2 Å². The van der Waals surface area contributed by atoms with Gasteiger partial charge in [0, 0.05) is 26.7 Å². The Morgan fingerprint density at radius 3 is 2.58 bits per heavy atom. The van der Waals surface area contributed by atoms with Crippen LogP contribution < -0.4 is 16.0 Å². The number of hydrogen-bond donors (Lipinski definition) is 3. The molecule has 6 nitrogen and oxygen atoms in total. The van der Waals surface area contributed by atoms with E-state index in [1.807, 2.05) is 0 Å². The first-order chi connectivity index (χ1) is 11.2. The second-order valence-corrected chi connectivity index (χ2v) is 6.40. The van der Waals surface area contributed by atoms with Crippen molar-refractivity contribution in [1.82, 2.24) is 16.0 Å². The lowest BCUT2D eigenvalue weighted by atomic mass is 9.85. The minimum atomic E-state index is -0.0557. The molecule has 1 aliphatic carbocycles. The SMILES string of the molecule is CN=C(NCC(=O)NCCOC)NC(C)CCC1CCCCC1.I. The molecule has 1 rings (SSSR count). The van der Waals surface area contributed by atoms with E-state index in [4.69, 9.17) is 4.74 Å². The molecule has 0 radical (unpaired) electrons. The predicted molar refractivity (Wildman–Crippen MR) is 110 cm³/mol. The average molecular weight is 454 g/mol. The molecule has 0 aromatic rings. The summed E-state index contributed by atoms with van der Waals surface area (Å²) < 4.78 is 4.90. The Morgan fingerprint density at radius 1 is 1.25 bits per heavy atom. The van der Waals surface area contributed by atoms with Crippen molar-refractivity contribution in [3.8, 4) is 0 Å². The number of guanidine groups is 1. The molecule has 1 amide bonds. The number of methoxy groups -OCH3 is 1. The van der Waals surface area contributed by atoms with Gasteiger partial charge in [-0.05, 0) is 25.7 Å². The summed E-state index contributed by atoms with van der Waals surface area (Å²) in [6.07, 6.45) is 9.41. The van der Waals surface area contributed by atoms with Crippen molar-refractivity contribution in [2.75, 3.05) is 33.9 Å². The van der Waals surface area contributed by atoms with Gasteiger partial charge in [0.05, 0.1) is 13.2 Å². The fourth-order valence-electron chi connectivity index (χ4n) is 2.98. The fourth-order valence-corrected chi connectivity index (χ4v) is 2.98. The van der Waals surface area contributed by atoms with Crippen LogP contribution in [-0.2, 0) is 9.53 Å². The normalized spacial score (nSPS) is 16.9. The van der Waals surface area contributed by atoms with Crippen LogP contribution in [0.2, 0.25) is 0 Å². The number of amides is 1. The maximum Gasteiger partial charge on any atom is 0.239 e. The first kappa shape index (κ1) is 23.4. The number of hydrogen-bond acceptors (Lipinski definition) is 3. The highest BCUT2D eigenvalue weighted by atomic mass is 127. The Bertz CT molecular complexity index is 360. The Morgan fingerprint density at radius 2 is 1.96 bits per heavy atom. The lowest BCUT2D eigenvalue weighted by molar-refractivity contribution is -0.120. The monoisotopic (exact) mass is 454 g/mol. The van der Waals surface area contributed by atoms with Crippen LogP contribution in [0, 0.1) is 5.92 Å². The predicted octanol–water partition coefficient (Wildman–Crippen LogP) is 2.28. The van der Waals surface area contributed by atoms with E-state index in [1.165, 1.54) is 38.5 Å². The third kappa shape index (κ3) is 11.1. The van der Waals surface area contributed by atoms with E-state index in [2.05, 4.69) is 27.9 Å². The molecule has 0 saturated heterocycles. The first-order valence-electron chi connectivity index (χ1n) is 8.88. The van der Waals surface area contributed by atoms with E-state index in [-0.39, 0.29) is 36.4 Å². The molecule has 24 heavy (non-hydrogen) atoms. The average Bonchev–Trinajstić information content (AvgIpc) is 2.58. The highest BCUT2D eigenvalue weighted by molar-refractivity contribution is 14.0. The standard InChI is InChI=1S/C17H34N4O2.HI/c1-14(9-10-15-7-5-4-6-8-15)21-17(18-2)20-13-16(22)19-11-12-23-3;/h14-15H,4-13H2,1-3H3,(H,19,22)(H2,18,20,21);1H. The van der Waals surface area contributed by atoms with Crippen molar-refractivity contribution in [2.45, 2.75) is 57.9 Å². The van der Waals surface area contributed by atoms with Gasteiger partial charge in [-0.3, -0.25) is 9.79 Å². The van der Waals surface area contributed by atoms with Crippen LogP contribution in [0.15, 0.2) is 4.99 Å². The van der Waals surface area contributed by atoms with Crippen LogP contribution in [0.25, 0.3) is 0 Å². The summed E-state index contributed by atoms with van der Waals surface area (Å²) in [6, 6.07) is 0.361. The molecule has 142 valence electrons. The van der Waals surface area contributed by atoms with Crippen LogP contribution in [0.4, 0.5) is 0 Å². The van der Waals surface area contributed by atoms with Gasteiger partial charge in [0.15, 0.2) is 5.96 Å². The Balaban J connectivity index is 0.00000529. The number of carbonyl (C=O) groups excluding carboxylic acids is 1. The zero-order valence-corrected chi connectivity index (χ0v) is 17.7. The van der Waals surface area contributed by atoms with Crippen LogP contribution in [0.3, 0.4) is 0 Å². The van der Waals surface area contributed by atoms with Gasteiger partial charge in [-0.15, -0.1) is 24.0 Å². The van der Waals surface area contributed by atoms with E-state index in [9.17, 15) is 4.79 Å². The van der Waals surface area contributed by atoms with Crippen molar-refractivity contribution in [1.29, 1.82) is 0 Å². The molecule has 0 aromatic heterocycles. The second kappa shape index (κ2) is 14.7. The summed E-state index contributed by atoms with van der Waals surface area (Å²) in [5, 5.41) is 9.19. The van der Waals surface area contributed by atoms with Gasteiger partial charge in [0.1, 0.15) is 0 Å². The Hall–Kier alpha value is -0.570. The van der Waals surface area contributed by atoms with E-state index in [0.29, 0.717) is 25.2 Å². The number of nitrogens with zero attached hydrogens (tertiary/aromatic N) is 1. The first-order valence-corrected chi connectivity index (χ1v) is 8.88. The molecule has 1 saturated carbocycles. The maximum absolute atomic E-state index is 11.6. The molecule has 0 heterocycles. The molecule has 0 bridgehead atoms. The van der Waals surface area contributed by atoms with Gasteiger partial charge < -0.3 is 20.7 Å². The zero-order valence-electron chi connectivity index (χ0n) is 15.4. The molecule has 0 aliphatic heterocycles. The minimum absolute atomic E-state index is 0. The number of rotatable bonds is 9. The lowest BCUT2D eigenvalue weighted by Gasteiger charge is -2.24. The lowest BCUT2D eigenvalue weighted by Crippen LogP contribution is -2.46. The molecule has 1 unspecified atom stereocenters. The van der Waals surface area contributed by atoms with Crippen LogP contribution >= 0.6 is 24.0 Å². The largest absolute Gasteiger partial charge is 0.383 e. The quantitative estimate of drug-likeness (QED) is 0.216. The number of halogens is 1. The molecule has 0 spiro atoms. The summed E-state index contributed by atoms with van der Waals surface area (Å²) in [5.74, 6) is 1.53. The smallest absolute Gasteiger partial charge is 0.239 e. The molecular weight excluding hydrogens is 419 g/mol. The summed E-state index contributed by atoms with van der Waals surface area (Å²) in [5.41, 5.74) is 0. The van der Waals surface area contributed by atoms with Crippen molar-refractivity contribution in [2.24, 2.45) is 10.9 Å². The minimum Gasteiger partial charge on any atom is -0.383 e. The maximum atomic E-state index is 11.6. The van der Waals surface area contributed by atoms with Gasteiger partial charge >= 0.3 is 0 Å². The number of nitrogens with one attached hydrogen (secondary N) is 3. The molecular formula is C17H35IN4O2. The summed E-state index contributed by atoms with van der Waals surface area (Å²) >= 11 is 0. The van der Waals surface area contributed by atoms with Crippen LogP contribution in [0.1, 0.15) is 51.9 Å². The summed E-state index contributed by atoms with van der Waals surface area (Å²) in [7, 11) is 3.34. The van der Waals surface area contributed by atoms with Crippen LogP contribution in [-0.4, -0.2) is 51.8 Å². The topological polar surface area (TPSA) is 74.8 Å². The summed E-state index contributed by atoms with van der Waals surface area (Å²) in [4.78, 5) is 15.8.